The van der Waals surface area contributed by atoms with E-state index in [2.05, 4.69) is 13.2 Å². The molecule has 0 aromatic carbocycles. The highest BCUT2D eigenvalue weighted by molar-refractivity contribution is 7.96. The second kappa shape index (κ2) is 4.09. The Hall–Kier alpha value is -0.570. The molecule has 2 nitrogen and oxygen atoms in total. The van der Waals surface area contributed by atoms with Crippen LogP contribution in [0.3, 0.4) is 0 Å². The molecule has 0 radical (unpaired) electrons. The molecule has 0 amide bonds. The molecule has 0 saturated carbocycles. The van der Waals surface area contributed by atoms with Crippen LogP contribution in [0.4, 0.5) is 0 Å². The second-order valence-corrected chi connectivity index (χ2v) is 6.79. The zero-order valence-electron chi connectivity index (χ0n) is 8.63. The van der Waals surface area contributed by atoms with Gasteiger partial charge in [-0.05, 0) is 33.6 Å². The molecule has 0 N–H and O–H groups in total. The van der Waals surface area contributed by atoms with Crippen LogP contribution in [0.5, 0.6) is 0 Å². The third-order valence-corrected chi connectivity index (χ3v) is 4.39. The molecule has 0 saturated heterocycles. The fraction of sp³-hybridized carbons (Fsp3) is 0.600. The summed E-state index contributed by atoms with van der Waals surface area (Å²) < 4.78 is 22.7. The van der Waals surface area contributed by atoms with Gasteiger partial charge in [0.15, 0.2) is 9.84 Å². The molecule has 0 bridgehead atoms. The van der Waals surface area contributed by atoms with E-state index in [-0.39, 0.29) is 0 Å². The summed E-state index contributed by atoms with van der Waals surface area (Å²) in [5.41, 5.74) is 0. The van der Waals surface area contributed by atoms with E-state index in [1.165, 1.54) is 0 Å². The SMILES string of the molecule is C=CCCC(=C)S(=O)(=O)C(C)(C)C. The van der Waals surface area contributed by atoms with Gasteiger partial charge in [0, 0.05) is 4.91 Å². The van der Waals surface area contributed by atoms with E-state index in [1.54, 1.807) is 26.8 Å². The fourth-order valence-corrected chi connectivity index (χ4v) is 2.08. The van der Waals surface area contributed by atoms with Crippen LogP contribution >= 0.6 is 0 Å². The van der Waals surface area contributed by atoms with Gasteiger partial charge >= 0.3 is 0 Å². The van der Waals surface area contributed by atoms with Crippen LogP contribution in [0.1, 0.15) is 33.6 Å². The number of allylic oxidation sites excluding steroid dienone is 2. The third-order valence-electron chi connectivity index (χ3n) is 1.81. The molecule has 0 atom stereocenters. The zero-order valence-corrected chi connectivity index (χ0v) is 9.45. The Morgan fingerprint density at radius 3 is 2.15 bits per heavy atom. The summed E-state index contributed by atoms with van der Waals surface area (Å²) in [6, 6.07) is 0. The van der Waals surface area contributed by atoms with Crippen molar-refractivity contribution in [2.24, 2.45) is 0 Å². The van der Waals surface area contributed by atoms with Crippen molar-refractivity contribution in [1.82, 2.24) is 0 Å². The van der Waals surface area contributed by atoms with Crippen LogP contribution in [-0.2, 0) is 9.84 Å². The molecule has 76 valence electrons. The molecule has 0 aromatic rings. The van der Waals surface area contributed by atoms with E-state index in [1.807, 2.05) is 0 Å². The maximum atomic E-state index is 11.7. The maximum absolute atomic E-state index is 11.7. The van der Waals surface area contributed by atoms with Gasteiger partial charge in [0.05, 0.1) is 4.75 Å². The fourth-order valence-electron chi connectivity index (χ4n) is 0.830. The summed E-state index contributed by atoms with van der Waals surface area (Å²) in [7, 11) is -3.19. The third kappa shape index (κ3) is 2.99. The van der Waals surface area contributed by atoms with Crippen LogP contribution in [-0.4, -0.2) is 13.2 Å². The Morgan fingerprint density at radius 2 is 1.85 bits per heavy atom. The van der Waals surface area contributed by atoms with E-state index < -0.39 is 14.6 Å². The average molecular weight is 202 g/mol. The summed E-state index contributed by atoms with van der Waals surface area (Å²) in [6.07, 6.45) is 2.83. The quantitative estimate of drug-likeness (QED) is 0.657. The largest absolute Gasteiger partial charge is 0.224 e. The molecule has 0 aliphatic rings. The molecule has 0 spiro atoms. The van der Waals surface area contributed by atoms with Gasteiger partial charge in [0.25, 0.3) is 0 Å². The molecule has 13 heavy (non-hydrogen) atoms. The summed E-state index contributed by atoms with van der Waals surface area (Å²) in [4.78, 5) is 0.305. The van der Waals surface area contributed by atoms with Gasteiger partial charge in [-0.2, -0.15) is 0 Å². The second-order valence-electron chi connectivity index (χ2n) is 3.98. The highest BCUT2D eigenvalue weighted by Crippen LogP contribution is 2.25. The van der Waals surface area contributed by atoms with E-state index in [0.29, 0.717) is 17.7 Å². The topological polar surface area (TPSA) is 34.1 Å². The minimum atomic E-state index is -3.19. The molecule has 0 aliphatic carbocycles. The first-order valence-electron chi connectivity index (χ1n) is 4.27. The molecule has 0 aromatic heterocycles. The highest BCUT2D eigenvalue weighted by Gasteiger charge is 2.30. The zero-order chi connectivity index (χ0) is 10.7. The van der Waals surface area contributed by atoms with Crippen molar-refractivity contribution in [3.63, 3.8) is 0 Å². The van der Waals surface area contributed by atoms with Gasteiger partial charge in [-0.1, -0.05) is 12.7 Å². The molecule has 0 aliphatic heterocycles. The van der Waals surface area contributed by atoms with E-state index in [4.69, 9.17) is 0 Å². The normalized spacial score (nSPS) is 12.5. The lowest BCUT2D eigenvalue weighted by Crippen LogP contribution is -2.28. The van der Waals surface area contributed by atoms with Crippen molar-refractivity contribution in [2.45, 2.75) is 38.4 Å². The minimum absolute atomic E-state index is 0.305. The highest BCUT2D eigenvalue weighted by atomic mass is 32.2. The lowest BCUT2D eigenvalue weighted by atomic mass is 10.3. The lowest BCUT2D eigenvalue weighted by Gasteiger charge is -2.20. The van der Waals surface area contributed by atoms with Crippen molar-refractivity contribution in [1.29, 1.82) is 0 Å². The first-order valence-corrected chi connectivity index (χ1v) is 5.75. The van der Waals surface area contributed by atoms with Gasteiger partial charge < -0.3 is 0 Å². The Morgan fingerprint density at radius 1 is 1.38 bits per heavy atom. The number of hydrogen-bond donors (Lipinski definition) is 0. The van der Waals surface area contributed by atoms with Crippen LogP contribution < -0.4 is 0 Å². The van der Waals surface area contributed by atoms with Gasteiger partial charge in [-0.25, -0.2) is 8.42 Å². The smallest absolute Gasteiger partial charge is 0.178 e. The summed E-state index contributed by atoms with van der Waals surface area (Å²) >= 11 is 0. The number of hydrogen-bond acceptors (Lipinski definition) is 2. The monoisotopic (exact) mass is 202 g/mol. The van der Waals surface area contributed by atoms with Crippen molar-refractivity contribution in [3.8, 4) is 0 Å². The first kappa shape index (κ1) is 12.4. The average Bonchev–Trinajstić information content (AvgIpc) is 1.97. The van der Waals surface area contributed by atoms with Gasteiger partial charge in [-0.3, -0.25) is 0 Å². The Kier molecular flexibility index (Phi) is 3.91. The van der Waals surface area contributed by atoms with Crippen molar-refractivity contribution >= 4 is 9.84 Å². The van der Waals surface area contributed by atoms with E-state index in [0.717, 1.165) is 0 Å². The van der Waals surface area contributed by atoms with E-state index in [9.17, 15) is 8.42 Å². The standard InChI is InChI=1S/C10H18O2S/c1-6-7-8-9(2)13(11,12)10(3,4)5/h6H,1-2,7-8H2,3-5H3. The number of rotatable bonds is 4. The number of sulfone groups is 1. The molecular formula is C10H18O2S. The molecular weight excluding hydrogens is 184 g/mol. The van der Waals surface area contributed by atoms with Crippen LogP contribution in [0.15, 0.2) is 24.1 Å². The predicted octanol–water partition coefficient (Wildman–Crippen LogP) is 2.68. The predicted molar refractivity (Wildman–Crippen MR) is 57.2 cm³/mol. The lowest BCUT2D eigenvalue weighted by molar-refractivity contribution is 0.565. The van der Waals surface area contributed by atoms with Crippen LogP contribution in [0, 0.1) is 0 Å². The summed E-state index contributed by atoms with van der Waals surface area (Å²) in [6.45, 7) is 12.2. The molecule has 0 rings (SSSR count). The molecule has 0 heterocycles. The van der Waals surface area contributed by atoms with Crippen molar-refractivity contribution in [2.75, 3.05) is 0 Å². The van der Waals surface area contributed by atoms with Gasteiger partial charge in [0.2, 0.25) is 0 Å². The molecule has 3 heteroatoms. The Balaban J connectivity index is 4.67. The Bertz CT molecular complexity index is 291. The summed E-state index contributed by atoms with van der Waals surface area (Å²) in [5.74, 6) is 0. The first-order chi connectivity index (χ1) is 5.73. The van der Waals surface area contributed by atoms with Gasteiger partial charge in [-0.15, -0.1) is 6.58 Å². The van der Waals surface area contributed by atoms with E-state index >= 15 is 0 Å². The van der Waals surface area contributed by atoms with Crippen LogP contribution in [0.25, 0.3) is 0 Å². The van der Waals surface area contributed by atoms with Crippen LogP contribution in [0.2, 0.25) is 0 Å². The van der Waals surface area contributed by atoms with Crippen molar-refractivity contribution < 1.29 is 8.42 Å². The Labute approximate surface area is 81.3 Å². The van der Waals surface area contributed by atoms with Crippen molar-refractivity contribution in [3.05, 3.63) is 24.1 Å². The van der Waals surface area contributed by atoms with Gasteiger partial charge in [0.1, 0.15) is 0 Å². The molecule has 0 unspecified atom stereocenters. The minimum Gasteiger partial charge on any atom is -0.224 e. The molecule has 0 fully saturated rings. The maximum Gasteiger partial charge on any atom is 0.178 e. The summed E-state index contributed by atoms with van der Waals surface area (Å²) in [5, 5.41) is 0.